The quantitative estimate of drug-likeness (QED) is 0.541. The van der Waals surface area contributed by atoms with Crippen LogP contribution in [0.25, 0.3) is 0 Å². The van der Waals surface area contributed by atoms with E-state index in [9.17, 15) is 34.5 Å². The molecule has 2 aliphatic carbocycles. The molecule has 0 saturated heterocycles. The highest BCUT2D eigenvalue weighted by Gasteiger charge is 2.49. The van der Waals surface area contributed by atoms with E-state index in [0.717, 1.165) is 7.11 Å². The van der Waals surface area contributed by atoms with Crippen LogP contribution in [0.1, 0.15) is 68.7 Å². The number of carbonyl (C=O) groups excluding carboxylic acids is 4. The summed E-state index contributed by atoms with van der Waals surface area (Å²) in [6.45, 7) is 1.29. The number of fused-ring (bicyclic) bond motifs is 3. The molecule has 4 rings (SSSR count). The highest BCUT2D eigenvalue weighted by Crippen LogP contribution is 2.48. The lowest BCUT2D eigenvalue weighted by molar-refractivity contribution is -0.152. The zero-order chi connectivity index (χ0) is 22.7. The van der Waals surface area contributed by atoms with Crippen molar-refractivity contribution in [2.24, 2.45) is 0 Å². The molecule has 0 fully saturated rings. The van der Waals surface area contributed by atoms with Gasteiger partial charge in [0.15, 0.2) is 5.78 Å². The van der Waals surface area contributed by atoms with Gasteiger partial charge in [0.25, 0.3) is 0 Å². The third-order valence-corrected chi connectivity index (χ3v) is 6.07. The van der Waals surface area contributed by atoms with Crippen molar-refractivity contribution in [1.82, 2.24) is 0 Å². The Kier molecular flexibility index (Phi) is 4.70. The summed E-state index contributed by atoms with van der Waals surface area (Å²) in [6.07, 6.45) is -0.274. The number of hydrogen-bond donors (Lipinski definition) is 3. The number of phenols is 2. The second-order valence-corrected chi connectivity index (χ2v) is 8.01. The normalized spacial score (nSPS) is 21.7. The Morgan fingerprint density at radius 2 is 1.84 bits per heavy atom. The van der Waals surface area contributed by atoms with E-state index in [-0.39, 0.29) is 64.2 Å². The average molecular weight is 424 g/mol. The van der Waals surface area contributed by atoms with Gasteiger partial charge in [-0.15, -0.1) is 0 Å². The minimum Gasteiger partial charge on any atom is -0.507 e. The van der Waals surface area contributed by atoms with Gasteiger partial charge in [-0.25, -0.2) is 0 Å². The number of ketones is 3. The Bertz CT molecular complexity index is 1180. The van der Waals surface area contributed by atoms with E-state index in [4.69, 9.17) is 4.74 Å². The van der Waals surface area contributed by atoms with Crippen LogP contribution in [0, 0.1) is 0 Å². The number of rotatable bonds is 3. The van der Waals surface area contributed by atoms with E-state index < -0.39 is 34.8 Å². The number of phenolic OH excluding ortho intramolecular Hbond substituents is 2. The van der Waals surface area contributed by atoms with E-state index >= 15 is 0 Å². The first-order valence-electron chi connectivity index (χ1n) is 9.70. The van der Waals surface area contributed by atoms with Crippen molar-refractivity contribution >= 4 is 23.3 Å². The molecule has 2 atom stereocenters. The van der Waals surface area contributed by atoms with Gasteiger partial charge in [0.1, 0.15) is 23.2 Å². The maximum absolute atomic E-state index is 13.1. The van der Waals surface area contributed by atoms with Gasteiger partial charge in [0, 0.05) is 17.5 Å². The number of aliphatic hydroxyl groups is 1. The van der Waals surface area contributed by atoms with Gasteiger partial charge < -0.3 is 20.1 Å². The Labute approximate surface area is 177 Å². The summed E-state index contributed by atoms with van der Waals surface area (Å²) in [5, 5.41) is 32.2. The minimum absolute atomic E-state index is 0.0266. The maximum atomic E-state index is 13.1. The topological polar surface area (TPSA) is 138 Å². The molecule has 31 heavy (non-hydrogen) atoms. The fraction of sp³-hybridized carbons (Fsp3) is 0.304. The third-order valence-electron chi connectivity index (χ3n) is 6.07. The van der Waals surface area contributed by atoms with Crippen molar-refractivity contribution in [1.29, 1.82) is 0 Å². The van der Waals surface area contributed by atoms with Crippen LogP contribution in [0.3, 0.4) is 0 Å². The summed E-state index contributed by atoms with van der Waals surface area (Å²) in [4.78, 5) is 50.6. The van der Waals surface area contributed by atoms with Crippen LogP contribution in [-0.2, 0) is 20.7 Å². The fourth-order valence-electron chi connectivity index (χ4n) is 4.76. The first-order valence-corrected chi connectivity index (χ1v) is 9.70. The molecule has 8 nitrogen and oxygen atoms in total. The molecule has 0 saturated carbocycles. The van der Waals surface area contributed by atoms with Gasteiger partial charge in [-0.3, -0.25) is 19.2 Å². The van der Waals surface area contributed by atoms with E-state index in [0.29, 0.717) is 0 Å². The first kappa shape index (κ1) is 20.7. The molecule has 0 radical (unpaired) electrons. The summed E-state index contributed by atoms with van der Waals surface area (Å²) >= 11 is 0. The standard InChI is InChI=1S/C23H20O8/c1-10(24)9-23(30)7-6-11-13(18(23)22(29)31-2)8-14-17(20(11)27)21(28)16-12(19(14)26)4-3-5-15(16)25/h3-5,8,18,25,27,30H,6-7,9H2,1-2H3. The highest BCUT2D eigenvalue weighted by molar-refractivity contribution is 6.30. The number of carbonyl (C=O) groups is 4. The maximum Gasteiger partial charge on any atom is 0.316 e. The molecule has 0 bridgehead atoms. The Hall–Kier alpha value is -3.52. The molecule has 2 aromatic carbocycles. The summed E-state index contributed by atoms with van der Waals surface area (Å²) in [6, 6.07) is 5.40. The molecule has 2 aromatic rings. The molecular formula is C23H20O8. The molecule has 0 aromatic heterocycles. The van der Waals surface area contributed by atoms with Crippen molar-refractivity contribution in [2.45, 2.75) is 37.7 Å². The van der Waals surface area contributed by atoms with Gasteiger partial charge in [0.2, 0.25) is 5.78 Å². The van der Waals surface area contributed by atoms with E-state index in [2.05, 4.69) is 0 Å². The third kappa shape index (κ3) is 2.94. The van der Waals surface area contributed by atoms with Crippen LogP contribution in [0.4, 0.5) is 0 Å². The van der Waals surface area contributed by atoms with Crippen LogP contribution in [-0.4, -0.2) is 51.3 Å². The number of Topliss-reactive ketones (excluding diaryl/α,β-unsaturated/α-hetero) is 1. The van der Waals surface area contributed by atoms with Crippen molar-refractivity contribution in [3.05, 3.63) is 57.6 Å². The summed E-state index contributed by atoms with van der Waals surface area (Å²) in [5.74, 6) is -4.64. The Morgan fingerprint density at radius 3 is 2.48 bits per heavy atom. The lowest BCUT2D eigenvalue weighted by atomic mass is 9.67. The van der Waals surface area contributed by atoms with Crippen molar-refractivity contribution in [3.63, 3.8) is 0 Å². The molecule has 160 valence electrons. The number of hydrogen-bond acceptors (Lipinski definition) is 8. The molecule has 3 N–H and O–H groups in total. The zero-order valence-electron chi connectivity index (χ0n) is 16.9. The summed E-state index contributed by atoms with van der Waals surface area (Å²) in [7, 11) is 1.14. The monoisotopic (exact) mass is 424 g/mol. The second-order valence-electron chi connectivity index (χ2n) is 8.01. The van der Waals surface area contributed by atoms with E-state index in [1.54, 1.807) is 0 Å². The van der Waals surface area contributed by atoms with Crippen LogP contribution in [0.5, 0.6) is 11.5 Å². The van der Waals surface area contributed by atoms with Gasteiger partial charge in [0.05, 0.1) is 23.8 Å². The average Bonchev–Trinajstić information content (AvgIpc) is 2.70. The van der Waals surface area contributed by atoms with Crippen LogP contribution in [0.15, 0.2) is 24.3 Å². The molecule has 0 amide bonds. The lowest BCUT2D eigenvalue weighted by Crippen LogP contribution is -2.46. The summed E-state index contributed by atoms with van der Waals surface area (Å²) < 4.78 is 4.85. The van der Waals surface area contributed by atoms with Crippen LogP contribution >= 0.6 is 0 Å². The number of esters is 1. The SMILES string of the molecule is COC(=O)C1c2cc3c(c(O)c2CCC1(O)CC(C)=O)C(=O)c1c(O)cccc1C3=O. The largest absolute Gasteiger partial charge is 0.507 e. The molecule has 0 heterocycles. The van der Waals surface area contributed by atoms with Gasteiger partial charge >= 0.3 is 5.97 Å². The van der Waals surface area contributed by atoms with Gasteiger partial charge in [-0.2, -0.15) is 0 Å². The second kappa shape index (κ2) is 7.02. The van der Waals surface area contributed by atoms with Gasteiger partial charge in [-0.05, 0) is 43.0 Å². The Morgan fingerprint density at radius 1 is 1.13 bits per heavy atom. The van der Waals surface area contributed by atoms with E-state index in [1.807, 2.05) is 0 Å². The molecule has 0 spiro atoms. The number of aromatic hydroxyl groups is 2. The van der Waals surface area contributed by atoms with Crippen molar-refractivity contribution in [2.75, 3.05) is 7.11 Å². The number of ether oxygens (including phenoxy) is 1. The predicted octanol–water partition coefficient (Wildman–Crippen LogP) is 1.79. The lowest BCUT2D eigenvalue weighted by Gasteiger charge is -2.40. The van der Waals surface area contributed by atoms with Crippen molar-refractivity contribution in [3.8, 4) is 11.5 Å². The number of benzene rings is 2. The molecule has 2 unspecified atom stereocenters. The highest BCUT2D eigenvalue weighted by atomic mass is 16.5. The van der Waals surface area contributed by atoms with Crippen LogP contribution in [0.2, 0.25) is 0 Å². The van der Waals surface area contributed by atoms with Gasteiger partial charge in [-0.1, -0.05) is 12.1 Å². The molecule has 0 aliphatic heterocycles. The number of methoxy groups -OCH3 is 1. The molecular weight excluding hydrogens is 404 g/mol. The Balaban J connectivity index is 1.98. The van der Waals surface area contributed by atoms with Crippen LogP contribution < -0.4 is 0 Å². The minimum atomic E-state index is -1.76. The first-order chi connectivity index (χ1) is 14.6. The smallest absolute Gasteiger partial charge is 0.316 e. The summed E-state index contributed by atoms with van der Waals surface area (Å²) in [5.41, 5.74) is -2.00. The zero-order valence-corrected chi connectivity index (χ0v) is 16.9. The van der Waals surface area contributed by atoms with E-state index in [1.165, 1.54) is 31.2 Å². The van der Waals surface area contributed by atoms with Crippen molar-refractivity contribution < 1.29 is 39.2 Å². The molecule has 8 heteroatoms. The fourth-order valence-corrected chi connectivity index (χ4v) is 4.76. The molecule has 2 aliphatic rings. The predicted molar refractivity (Wildman–Crippen MR) is 106 cm³/mol.